The van der Waals surface area contributed by atoms with Gasteiger partial charge < -0.3 is 29.2 Å². The van der Waals surface area contributed by atoms with Gasteiger partial charge in [-0.15, -0.1) is 0 Å². The van der Waals surface area contributed by atoms with Crippen LogP contribution in [0, 0.1) is 0 Å². The first-order chi connectivity index (χ1) is 15.2. The Morgan fingerprint density at radius 1 is 1.16 bits per heavy atom. The van der Waals surface area contributed by atoms with E-state index in [1.165, 1.54) is 12.8 Å². The number of likely N-dealkylation sites (tertiary alicyclic amines) is 1. The molecular weight excluding hydrogens is 394 g/mol. The van der Waals surface area contributed by atoms with Crippen LogP contribution in [-0.4, -0.2) is 76.7 Å². The van der Waals surface area contributed by atoms with Crippen molar-refractivity contribution in [2.75, 3.05) is 53.6 Å². The van der Waals surface area contributed by atoms with Crippen LogP contribution >= 0.6 is 0 Å². The molecule has 1 aromatic carbocycles. The van der Waals surface area contributed by atoms with E-state index in [0.29, 0.717) is 18.8 Å². The Balaban J connectivity index is 1.48. The molecule has 31 heavy (non-hydrogen) atoms. The largest absolute Gasteiger partial charge is 0.497 e. The number of rotatable bonds is 9. The van der Waals surface area contributed by atoms with Crippen LogP contribution < -0.4 is 14.8 Å². The summed E-state index contributed by atoms with van der Waals surface area (Å²) in [6, 6.07) is 5.90. The fraction of sp³-hybridized carbons (Fsp3) is 0.708. The minimum atomic E-state index is 0.291. The van der Waals surface area contributed by atoms with Crippen LogP contribution in [0.15, 0.2) is 23.2 Å². The molecule has 2 fully saturated rings. The molecule has 1 N–H and O–H groups in total. The van der Waals surface area contributed by atoms with Crippen molar-refractivity contribution in [3.63, 3.8) is 0 Å². The third-order valence-corrected chi connectivity index (χ3v) is 6.00. The first-order valence-electron chi connectivity index (χ1n) is 11.7. The smallest absolute Gasteiger partial charge is 0.193 e. The van der Waals surface area contributed by atoms with E-state index in [1.807, 2.05) is 18.2 Å². The molecular formula is C24H39N3O4. The Hall–Kier alpha value is -1.99. The van der Waals surface area contributed by atoms with Crippen molar-refractivity contribution in [3.8, 4) is 11.5 Å². The molecule has 7 nitrogen and oxygen atoms in total. The van der Waals surface area contributed by atoms with Gasteiger partial charge in [-0.05, 0) is 69.2 Å². The number of nitrogens with zero attached hydrogens (tertiary/aromatic N) is 2. The van der Waals surface area contributed by atoms with E-state index in [1.54, 1.807) is 14.2 Å². The number of hydrogen-bond acceptors (Lipinski definition) is 5. The second-order valence-corrected chi connectivity index (χ2v) is 8.17. The molecule has 0 spiro atoms. The maximum atomic E-state index is 6.16. The van der Waals surface area contributed by atoms with Crippen LogP contribution in [-0.2, 0) is 15.9 Å². The van der Waals surface area contributed by atoms with E-state index in [0.717, 1.165) is 81.6 Å². The maximum absolute atomic E-state index is 6.16. The van der Waals surface area contributed by atoms with Crippen LogP contribution in [0.5, 0.6) is 11.5 Å². The number of aliphatic imine (C=N–C) groups is 1. The zero-order valence-corrected chi connectivity index (χ0v) is 19.4. The predicted molar refractivity (Wildman–Crippen MR) is 123 cm³/mol. The number of benzene rings is 1. The third kappa shape index (κ3) is 7.28. The molecule has 0 aromatic heterocycles. The number of hydrogen-bond donors (Lipinski definition) is 1. The molecule has 7 heteroatoms. The highest BCUT2D eigenvalue weighted by atomic mass is 16.5. The summed E-state index contributed by atoms with van der Waals surface area (Å²) in [6.45, 7) is 7.21. The Kier molecular flexibility index (Phi) is 9.75. The van der Waals surface area contributed by atoms with Crippen LogP contribution in [0.3, 0.4) is 0 Å². The predicted octanol–water partition coefficient (Wildman–Crippen LogP) is 3.26. The van der Waals surface area contributed by atoms with Crippen molar-refractivity contribution < 1.29 is 18.9 Å². The van der Waals surface area contributed by atoms with Gasteiger partial charge in [0.2, 0.25) is 0 Å². The second-order valence-electron chi connectivity index (χ2n) is 8.17. The molecule has 174 valence electrons. The van der Waals surface area contributed by atoms with E-state index in [9.17, 15) is 0 Å². The lowest BCUT2D eigenvalue weighted by molar-refractivity contribution is -0.0721. The minimum absolute atomic E-state index is 0.291. The molecule has 2 aliphatic heterocycles. The van der Waals surface area contributed by atoms with Crippen molar-refractivity contribution in [2.24, 2.45) is 4.99 Å². The maximum Gasteiger partial charge on any atom is 0.193 e. The minimum Gasteiger partial charge on any atom is -0.497 e. The average molecular weight is 434 g/mol. The molecule has 0 saturated carbocycles. The van der Waals surface area contributed by atoms with Crippen molar-refractivity contribution in [3.05, 3.63) is 23.8 Å². The lowest BCUT2D eigenvalue weighted by Crippen LogP contribution is -2.47. The van der Waals surface area contributed by atoms with Crippen LogP contribution in [0.1, 0.15) is 44.6 Å². The second kappa shape index (κ2) is 12.8. The molecule has 2 heterocycles. The van der Waals surface area contributed by atoms with Gasteiger partial charge in [-0.1, -0.05) is 0 Å². The van der Waals surface area contributed by atoms with E-state index < -0.39 is 0 Å². The summed E-state index contributed by atoms with van der Waals surface area (Å²) in [5, 5.41) is 3.45. The molecule has 0 bridgehead atoms. The fourth-order valence-electron chi connectivity index (χ4n) is 4.20. The molecule has 1 atom stereocenters. The molecule has 0 amide bonds. The topological polar surface area (TPSA) is 64.6 Å². The van der Waals surface area contributed by atoms with Crippen LogP contribution in [0.4, 0.5) is 0 Å². The number of methoxy groups -OCH3 is 2. The highest BCUT2D eigenvalue weighted by Gasteiger charge is 2.23. The van der Waals surface area contributed by atoms with Gasteiger partial charge in [-0.3, -0.25) is 4.99 Å². The third-order valence-electron chi connectivity index (χ3n) is 6.00. The molecule has 1 aromatic rings. The monoisotopic (exact) mass is 433 g/mol. The highest BCUT2D eigenvalue weighted by molar-refractivity contribution is 5.80. The van der Waals surface area contributed by atoms with Gasteiger partial charge >= 0.3 is 0 Å². The number of ether oxygens (including phenoxy) is 4. The highest BCUT2D eigenvalue weighted by Crippen LogP contribution is 2.24. The van der Waals surface area contributed by atoms with Crippen molar-refractivity contribution in [1.29, 1.82) is 0 Å². The van der Waals surface area contributed by atoms with Gasteiger partial charge in [0.15, 0.2) is 5.96 Å². The summed E-state index contributed by atoms with van der Waals surface area (Å²) >= 11 is 0. The Morgan fingerprint density at radius 2 is 2.00 bits per heavy atom. The standard InChI is InChI=1S/C24H39N3O4/c1-4-25-24(26-13-10-19-17-21(28-2)8-9-23(19)29-3)27-14-11-20(12-15-27)31-18-22-7-5-6-16-30-22/h8-9,17,20,22H,4-7,10-16,18H2,1-3H3,(H,25,26). The van der Waals surface area contributed by atoms with E-state index in [-0.39, 0.29) is 0 Å². The molecule has 0 radical (unpaired) electrons. The van der Waals surface area contributed by atoms with Crippen LogP contribution in [0.2, 0.25) is 0 Å². The van der Waals surface area contributed by atoms with Gasteiger partial charge in [-0.25, -0.2) is 0 Å². The van der Waals surface area contributed by atoms with Crippen molar-refractivity contribution >= 4 is 5.96 Å². The van der Waals surface area contributed by atoms with Crippen LogP contribution in [0.25, 0.3) is 0 Å². The van der Waals surface area contributed by atoms with Gasteiger partial charge in [-0.2, -0.15) is 0 Å². The van der Waals surface area contributed by atoms with Crippen molar-refractivity contribution in [2.45, 2.75) is 57.7 Å². The summed E-state index contributed by atoms with van der Waals surface area (Å²) in [5.74, 6) is 2.70. The average Bonchev–Trinajstić information content (AvgIpc) is 2.83. The van der Waals surface area contributed by atoms with E-state index in [4.69, 9.17) is 23.9 Å². The Bertz CT molecular complexity index is 683. The Labute approximate surface area is 187 Å². The van der Waals surface area contributed by atoms with Crippen molar-refractivity contribution in [1.82, 2.24) is 10.2 Å². The zero-order chi connectivity index (χ0) is 21.9. The summed E-state index contributed by atoms with van der Waals surface area (Å²) in [6.07, 6.45) is 7.05. The summed E-state index contributed by atoms with van der Waals surface area (Å²) in [7, 11) is 3.38. The fourth-order valence-corrected chi connectivity index (χ4v) is 4.20. The normalized spacial score (nSPS) is 20.5. The quantitative estimate of drug-likeness (QED) is 0.476. The summed E-state index contributed by atoms with van der Waals surface area (Å²) < 4.78 is 22.8. The summed E-state index contributed by atoms with van der Waals surface area (Å²) in [5.41, 5.74) is 1.11. The molecule has 2 saturated heterocycles. The van der Waals surface area contributed by atoms with Gasteiger partial charge in [0.05, 0.1) is 33.0 Å². The van der Waals surface area contributed by atoms with Gasteiger partial charge in [0, 0.05) is 32.8 Å². The number of piperidine rings is 1. The van der Waals surface area contributed by atoms with E-state index in [2.05, 4.69) is 17.1 Å². The summed E-state index contributed by atoms with van der Waals surface area (Å²) in [4.78, 5) is 7.23. The molecule has 3 rings (SSSR count). The van der Waals surface area contributed by atoms with Gasteiger partial charge in [0.25, 0.3) is 0 Å². The lowest BCUT2D eigenvalue weighted by Gasteiger charge is -2.35. The SMILES string of the molecule is CCNC(=NCCc1cc(OC)ccc1OC)N1CCC(OCC2CCCCO2)CC1. The zero-order valence-electron chi connectivity index (χ0n) is 19.4. The number of nitrogens with one attached hydrogen (secondary N) is 1. The number of guanidine groups is 1. The van der Waals surface area contributed by atoms with E-state index >= 15 is 0 Å². The first-order valence-corrected chi connectivity index (χ1v) is 11.7. The molecule has 2 aliphatic rings. The van der Waals surface area contributed by atoms with Gasteiger partial charge in [0.1, 0.15) is 11.5 Å². The molecule has 1 unspecified atom stereocenters. The first kappa shape index (κ1) is 23.7. The Morgan fingerprint density at radius 3 is 2.68 bits per heavy atom. The lowest BCUT2D eigenvalue weighted by atomic mass is 10.1. The molecule has 0 aliphatic carbocycles.